The van der Waals surface area contributed by atoms with E-state index in [-0.39, 0.29) is 23.7 Å². The molecule has 1 aliphatic heterocycles. The molecule has 3 rings (SSSR count). The summed E-state index contributed by atoms with van der Waals surface area (Å²) in [5.74, 6) is 1.21. The largest absolute Gasteiger partial charge is 0.493 e. The Balaban J connectivity index is 0.00000300. The number of benzene rings is 1. The summed E-state index contributed by atoms with van der Waals surface area (Å²) in [6.45, 7) is 6.60. The van der Waals surface area contributed by atoms with Crippen molar-refractivity contribution in [2.45, 2.75) is 38.1 Å². The van der Waals surface area contributed by atoms with Gasteiger partial charge in [-0.1, -0.05) is 19.9 Å². The van der Waals surface area contributed by atoms with E-state index in [4.69, 9.17) is 9.47 Å². The average molecular weight is 423 g/mol. The molecule has 29 heavy (non-hydrogen) atoms. The Morgan fingerprint density at radius 2 is 2.03 bits per heavy atom. The van der Waals surface area contributed by atoms with Crippen molar-refractivity contribution in [3.8, 4) is 11.5 Å². The van der Waals surface area contributed by atoms with Gasteiger partial charge in [-0.05, 0) is 43.1 Å². The summed E-state index contributed by atoms with van der Waals surface area (Å²) >= 11 is 0. The third kappa shape index (κ3) is 5.42. The van der Waals surface area contributed by atoms with E-state index < -0.39 is 0 Å². The highest BCUT2D eigenvalue weighted by molar-refractivity contribution is 5.92. The van der Waals surface area contributed by atoms with Crippen molar-refractivity contribution in [1.82, 2.24) is 20.4 Å². The van der Waals surface area contributed by atoms with Crippen LogP contribution < -0.4 is 20.1 Å². The molecular weight excluding hydrogens is 392 g/mol. The van der Waals surface area contributed by atoms with Crippen LogP contribution >= 0.6 is 12.4 Å². The van der Waals surface area contributed by atoms with Gasteiger partial charge < -0.3 is 20.1 Å². The monoisotopic (exact) mass is 422 g/mol. The number of hydrogen-bond acceptors (Lipinski definition) is 5. The van der Waals surface area contributed by atoms with Crippen LogP contribution in [0, 0.1) is 0 Å². The van der Waals surface area contributed by atoms with Crippen molar-refractivity contribution < 1.29 is 14.3 Å². The van der Waals surface area contributed by atoms with Crippen molar-refractivity contribution in [2.75, 3.05) is 33.9 Å². The third-order valence-electron chi connectivity index (χ3n) is 5.34. The zero-order valence-electron chi connectivity index (χ0n) is 17.5. The molecule has 2 aromatic rings. The summed E-state index contributed by atoms with van der Waals surface area (Å²) in [5.41, 5.74) is 1.24. The fraction of sp³-hybridized carbons (Fsp3) is 0.524. The van der Waals surface area contributed by atoms with Gasteiger partial charge in [-0.15, -0.1) is 12.4 Å². The predicted molar refractivity (Wildman–Crippen MR) is 116 cm³/mol. The summed E-state index contributed by atoms with van der Waals surface area (Å²) in [6, 6.07) is 7.94. The molecule has 1 amide bonds. The van der Waals surface area contributed by atoms with E-state index in [2.05, 4.69) is 29.6 Å². The molecule has 1 atom stereocenters. The number of piperidine rings is 1. The van der Waals surface area contributed by atoms with Gasteiger partial charge in [-0.2, -0.15) is 5.10 Å². The summed E-state index contributed by atoms with van der Waals surface area (Å²) in [6.07, 6.45) is 4.11. The maximum absolute atomic E-state index is 12.6. The van der Waals surface area contributed by atoms with Gasteiger partial charge in [0.15, 0.2) is 11.5 Å². The zero-order valence-corrected chi connectivity index (χ0v) is 18.3. The highest BCUT2D eigenvalue weighted by atomic mass is 35.5. The molecule has 1 aromatic heterocycles. The molecule has 160 valence electrons. The van der Waals surface area contributed by atoms with E-state index in [0.29, 0.717) is 29.8 Å². The minimum atomic E-state index is -0.273. The van der Waals surface area contributed by atoms with E-state index >= 15 is 0 Å². The van der Waals surface area contributed by atoms with Crippen LogP contribution in [0.4, 0.5) is 0 Å². The number of carbonyl (C=O) groups excluding carboxylic acids is 1. The van der Waals surface area contributed by atoms with E-state index in [0.717, 1.165) is 31.5 Å². The summed E-state index contributed by atoms with van der Waals surface area (Å²) in [7, 11) is 3.24. The van der Waals surface area contributed by atoms with Crippen LogP contribution in [-0.2, 0) is 5.41 Å². The van der Waals surface area contributed by atoms with Gasteiger partial charge in [-0.3, -0.25) is 9.48 Å². The molecular formula is C21H31ClN4O3. The van der Waals surface area contributed by atoms with Crippen molar-refractivity contribution in [2.24, 2.45) is 0 Å². The molecule has 0 saturated carbocycles. The van der Waals surface area contributed by atoms with Crippen LogP contribution in [0.25, 0.3) is 0 Å². The molecule has 2 heterocycles. The van der Waals surface area contributed by atoms with Crippen LogP contribution in [0.5, 0.6) is 11.5 Å². The highest BCUT2D eigenvalue weighted by Crippen LogP contribution is 2.32. The van der Waals surface area contributed by atoms with Crippen LogP contribution in [-0.4, -0.2) is 49.5 Å². The van der Waals surface area contributed by atoms with Crippen LogP contribution in [0.15, 0.2) is 30.5 Å². The van der Waals surface area contributed by atoms with Crippen molar-refractivity contribution in [3.05, 3.63) is 41.7 Å². The fourth-order valence-corrected chi connectivity index (χ4v) is 3.47. The topological polar surface area (TPSA) is 77.4 Å². The number of aromatic nitrogens is 2. The first-order valence-electron chi connectivity index (χ1n) is 9.71. The second-order valence-electron chi connectivity index (χ2n) is 7.82. The lowest BCUT2D eigenvalue weighted by molar-refractivity contribution is 0.0939. The second-order valence-corrected chi connectivity index (χ2v) is 7.82. The molecule has 0 bridgehead atoms. The molecule has 2 N–H and O–H groups in total. The van der Waals surface area contributed by atoms with E-state index in [1.807, 2.05) is 29.1 Å². The number of halogens is 1. The normalized spacial score (nSPS) is 16.6. The number of methoxy groups -OCH3 is 2. The van der Waals surface area contributed by atoms with Gasteiger partial charge in [0.05, 0.1) is 20.3 Å². The average Bonchev–Trinajstić information content (AvgIpc) is 3.22. The Bertz CT molecular complexity index is 816. The number of nitrogens with zero attached hydrogens (tertiary/aromatic N) is 2. The molecule has 1 fully saturated rings. The van der Waals surface area contributed by atoms with Gasteiger partial charge >= 0.3 is 0 Å². The Morgan fingerprint density at radius 3 is 2.69 bits per heavy atom. The number of carbonyl (C=O) groups is 1. The lowest BCUT2D eigenvalue weighted by Crippen LogP contribution is -2.37. The number of hydrogen-bond donors (Lipinski definition) is 2. The summed E-state index contributed by atoms with van der Waals surface area (Å²) in [5, 5.41) is 10.9. The minimum Gasteiger partial charge on any atom is -0.493 e. The first kappa shape index (κ1) is 23.0. The molecule has 7 nitrogen and oxygen atoms in total. The number of rotatable bonds is 7. The molecule has 1 unspecified atom stereocenters. The fourth-order valence-electron chi connectivity index (χ4n) is 3.47. The Morgan fingerprint density at radius 1 is 1.28 bits per heavy atom. The first-order valence-corrected chi connectivity index (χ1v) is 9.71. The quantitative estimate of drug-likeness (QED) is 0.717. The highest BCUT2D eigenvalue weighted by Gasteiger charge is 2.24. The van der Waals surface area contributed by atoms with Gasteiger partial charge in [0.25, 0.3) is 5.91 Å². The maximum atomic E-state index is 12.6. The van der Waals surface area contributed by atoms with Crippen LogP contribution in [0.1, 0.15) is 48.8 Å². The standard InChI is InChI=1S/C21H30N4O3.ClH/c1-21(2,15-7-8-18(27-3)19(12-15)28-4)14-23-20(26)17-9-11-25(24-17)16-6-5-10-22-13-16;/h7-9,11-12,16,22H,5-6,10,13-14H2,1-4H3,(H,23,26);1H. The lowest BCUT2D eigenvalue weighted by Gasteiger charge is -2.26. The number of amides is 1. The third-order valence-corrected chi connectivity index (χ3v) is 5.34. The molecule has 1 aromatic carbocycles. The zero-order chi connectivity index (χ0) is 20.1. The molecule has 0 radical (unpaired) electrons. The summed E-state index contributed by atoms with van der Waals surface area (Å²) in [4.78, 5) is 12.6. The maximum Gasteiger partial charge on any atom is 0.271 e. The number of ether oxygens (including phenoxy) is 2. The van der Waals surface area contributed by atoms with Gasteiger partial charge in [0.1, 0.15) is 5.69 Å². The van der Waals surface area contributed by atoms with Gasteiger partial charge in [-0.25, -0.2) is 0 Å². The van der Waals surface area contributed by atoms with Gasteiger partial charge in [0, 0.05) is 24.7 Å². The van der Waals surface area contributed by atoms with Crippen molar-refractivity contribution in [1.29, 1.82) is 0 Å². The van der Waals surface area contributed by atoms with Crippen molar-refractivity contribution >= 4 is 18.3 Å². The SMILES string of the molecule is COc1ccc(C(C)(C)CNC(=O)c2ccn(C3CCCNC3)n2)cc1OC.Cl. The molecule has 1 aliphatic rings. The Labute approximate surface area is 178 Å². The first-order chi connectivity index (χ1) is 13.4. The summed E-state index contributed by atoms with van der Waals surface area (Å²) < 4.78 is 12.6. The molecule has 0 aliphatic carbocycles. The Kier molecular flexibility index (Phi) is 7.93. The minimum absolute atomic E-state index is 0. The van der Waals surface area contributed by atoms with E-state index in [1.54, 1.807) is 20.3 Å². The van der Waals surface area contributed by atoms with E-state index in [9.17, 15) is 4.79 Å². The second kappa shape index (κ2) is 9.98. The smallest absolute Gasteiger partial charge is 0.271 e. The van der Waals surface area contributed by atoms with Crippen LogP contribution in [0.2, 0.25) is 0 Å². The van der Waals surface area contributed by atoms with Gasteiger partial charge in [0.2, 0.25) is 0 Å². The molecule has 8 heteroatoms. The Hall–Kier alpha value is -2.25. The lowest BCUT2D eigenvalue weighted by atomic mass is 9.84. The molecule has 1 saturated heterocycles. The van der Waals surface area contributed by atoms with Crippen molar-refractivity contribution in [3.63, 3.8) is 0 Å². The van der Waals surface area contributed by atoms with E-state index in [1.165, 1.54) is 0 Å². The predicted octanol–water partition coefficient (Wildman–Crippen LogP) is 2.95. The van der Waals surface area contributed by atoms with Crippen LogP contribution in [0.3, 0.4) is 0 Å². The number of nitrogens with one attached hydrogen (secondary N) is 2. The molecule has 0 spiro atoms.